The van der Waals surface area contributed by atoms with Crippen molar-refractivity contribution in [3.8, 4) is 12.3 Å². The molecule has 0 aliphatic carbocycles. The molecule has 3 aromatic rings. The Kier molecular flexibility index (Phi) is 4.81. The van der Waals surface area contributed by atoms with E-state index >= 15 is 0 Å². The number of hydrogen-bond donors (Lipinski definition) is 0. The van der Waals surface area contributed by atoms with Crippen molar-refractivity contribution in [3.05, 3.63) is 86.6 Å². The summed E-state index contributed by atoms with van der Waals surface area (Å²) in [5, 5.41) is 0. The predicted octanol–water partition coefficient (Wildman–Crippen LogP) is 1.87. The molecule has 2 heterocycles. The maximum Gasteiger partial charge on any atom is 0.330 e. The molecule has 0 unspecified atom stereocenters. The van der Waals surface area contributed by atoms with E-state index in [1.807, 2.05) is 41.3 Å². The van der Waals surface area contributed by atoms with E-state index in [1.54, 1.807) is 13.3 Å². The standard InChI is InChI=1S/C20H19N3O3/c1-4-15-7-5-8-16(11-15)23(14-18-9-6-10-26-18)13-17-12-19(24)22(3)20(25)21(17)2/h1,5-12H,13-14H2,2-3H3. The van der Waals surface area contributed by atoms with Crippen LogP contribution in [0.25, 0.3) is 0 Å². The van der Waals surface area contributed by atoms with Crippen molar-refractivity contribution in [2.75, 3.05) is 4.90 Å². The fourth-order valence-corrected chi connectivity index (χ4v) is 2.75. The minimum Gasteiger partial charge on any atom is -0.467 e. The number of terminal acetylenes is 1. The van der Waals surface area contributed by atoms with Crippen molar-refractivity contribution in [2.45, 2.75) is 13.1 Å². The third-order valence-electron chi connectivity index (χ3n) is 4.28. The molecule has 0 spiro atoms. The summed E-state index contributed by atoms with van der Waals surface area (Å²) in [7, 11) is 3.12. The van der Waals surface area contributed by atoms with Gasteiger partial charge in [0.25, 0.3) is 5.56 Å². The third-order valence-corrected chi connectivity index (χ3v) is 4.28. The van der Waals surface area contributed by atoms with Crippen LogP contribution in [0.2, 0.25) is 0 Å². The Labute approximate surface area is 150 Å². The van der Waals surface area contributed by atoms with Gasteiger partial charge in [-0.25, -0.2) is 4.79 Å². The van der Waals surface area contributed by atoms with E-state index in [0.717, 1.165) is 21.6 Å². The van der Waals surface area contributed by atoms with Crippen LogP contribution in [0.3, 0.4) is 0 Å². The predicted molar refractivity (Wildman–Crippen MR) is 99.9 cm³/mol. The zero-order valence-corrected chi connectivity index (χ0v) is 14.7. The zero-order valence-electron chi connectivity index (χ0n) is 14.7. The van der Waals surface area contributed by atoms with E-state index in [0.29, 0.717) is 18.8 Å². The van der Waals surface area contributed by atoms with E-state index in [9.17, 15) is 9.59 Å². The van der Waals surface area contributed by atoms with Crippen LogP contribution in [0.5, 0.6) is 0 Å². The van der Waals surface area contributed by atoms with Crippen molar-refractivity contribution < 1.29 is 4.42 Å². The van der Waals surface area contributed by atoms with Crippen LogP contribution in [-0.4, -0.2) is 9.13 Å². The van der Waals surface area contributed by atoms with E-state index in [4.69, 9.17) is 10.8 Å². The van der Waals surface area contributed by atoms with Crippen molar-refractivity contribution in [1.29, 1.82) is 0 Å². The maximum absolute atomic E-state index is 12.2. The highest BCUT2D eigenvalue weighted by molar-refractivity contribution is 5.52. The molecule has 0 aliphatic heterocycles. The quantitative estimate of drug-likeness (QED) is 0.660. The molecule has 0 N–H and O–H groups in total. The Morgan fingerprint density at radius 1 is 1.08 bits per heavy atom. The SMILES string of the molecule is C#Cc1cccc(N(Cc2ccco2)Cc2cc(=O)n(C)c(=O)n2C)c1. The second-order valence-corrected chi connectivity index (χ2v) is 6.00. The fourth-order valence-electron chi connectivity index (χ4n) is 2.75. The highest BCUT2D eigenvalue weighted by Crippen LogP contribution is 2.21. The highest BCUT2D eigenvalue weighted by Gasteiger charge is 2.14. The molecule has 0 bridgehead atoms. The fraction of sp³-hybridized carbons (Fsp3) is 0.200. The molecule has 0 saturated carbocycles. The molecule has 0 fully saturated rings. The van der Waals surface area contributed by atoms with Crippen LogP contribution in [0.4, 0.5) is 5.69 Å². The molecule has 0 amide bonds. The van der Waals surface area contributed by atoms with Gasteiger partial charge in [0.2, 0.25) is 0 Å². The molecular formula is C20H19N3O3. The maximum atomic E-state index is 12.2. The van der Waals surface area contributed by atoms with Crippen LogP contribution in [0, 0.1) is 12.3 Å². The van der Waals surface area contributed by atoms with Crippen molar-refractivity contribution >= 4 is 5.69 Å². The smallest absolute Gasteiger partial charge is 0.330 e. The van der Waals surface area contributed by atoms with Crippen LogP contribution >= 0.6 is 0 Å². The minimum absolute atomic E-state index is 0.335. The molecule has 0 saturated heterocycles. The van der Waals surface area contributed by atoms with Gasteiger partial charge in [0, 0.05) is 37.1 Å². The summed E-state index contributed by atoms with van der Waals surface area (Å²) >= 11 is 0. The average molecular weight is 349 g/mol. The number of aromatic nitrogens is 2. The first-order chi connectivity index (χ1) is 12.5. The van der Waals surface area contributed by atoms with E-state index < -0.39 is 0 Å². The van der Waals surface area contributed by atoms with Crippen molar-refractivity contribution in [3.63, 3.8) is 0 Å². The Hall–Kier alpha value is -3.46. The van der Waals surface area contributed by atoms with Gasteiger partial charge in [-0.2, -0.15) is 0 Å². The van der Waals surface area contributed by atoms with Crippen LogP contribution < -0.4 is 16.1 Å². The molecular weight excluding hydrogens is 330 g/mol. The summed E-state index contributed by atoms with van der Waals surface area (Å²) in [4.78, 5) is 26.3. The van der Waals surface area contributed by atoms with E-state index in [-0.39, 0.29) is 11.2 Å². The van der Waals surface area contributed by atoms with Gasteiger partial charge < -0.3 is 9.32 Å². The van der Waals surface area contributed by atoms with Gasteiger partial charge in [-0.1, -0.05) is 12.0 Å². The first kappa shape index (κ1) is 17.4. The second-order valence-electron chi connectivity index (χ2n) is 6.00. The van der Waals surface area contributed by atoms with Gasteiger partial charge in [0.05, 0.1) is 19.4 Å². The molecule has 6 nitrogen and oxygen atoms in total. The normalized spacial score (nSPS) is 10.5. The summed E-state index contributed by atoms with van der Waals surface area (Å²) in [6.07, 6.45) is 7.12. The third kappa shape index (κ3) is 3.47. The number of anilines is 1. The molecule has 26 heavy (non-hydrogen) atoms. The minimum atomic E-state index is -0.358. The lowest BCUT2D eigenvalue weighted by Gasteiger charge is -2.25. The zero-order chi connectivity index (χ0) is 18.7. The summed E-state index contributed by atoms with van der Waals surface area (Å²) in [5.74, 6) is 3.39. The Bertz CT molecular complexity index is 1070. The molecule has 1 aromatic carbocycles. The number of furan rings is 1. The molecule has 6 heteroatoms. The summed E-state index contributed by atoms with van der Waals surface area (Å²) in [5.41, 5.74) is 1.55. The average Bonchev–Trinajstić information content (AvgIpc) is 3.17. The van der Waals surface area contributed by atoms with Crippen molar-refractivity contribution in [1.82, 2.24) is 9.13 Å². The summed E-state index contributed by atoms with van der Waals surface area (Å²) in [6, 6.07) is 12.7. The van der Waals surface area contributed by atoms with Gasteiger partial charge in [-0.15, -0.1) is 6.42 Å². The molecule has 132 valence electrons. The van der Waals surface area contributed by atoms with Gasteiger partial charge in [-0.3, -0.25) is 13.9 Å². The molecule has 0 aliphatic rings. The summed E-state index contributed by atoms with van der Waals surface area (Å²) in [6.45, 7) is 0.834. The topological polar surface area (TPSA) is 60.4 Å². The highest BCUT2D eigenvalue weighted by atomic mass is 16.3. The monoisotopic (exact) mass is 349 g/mol. The number of rotatable bonds is 5. The number of benzene rings is 1. The Morgan fingerprint density at radius 3 is 2.58 bits per heavy atom. The van der Waals surface area contributed by atoms with E-state index in [1.165, 1.54) is 17.7 Å². The van der Waals surface area contributed by atoms with Gasteiger partial charge >= 0.3 is 5.69 Å². The van der Waals surface area contributed by atoms with Crippen LogP contribution in [0.1, 0.15) is 17.0 Å². The Morgan fingerprint density at radius 2 is 1.88 bits per heavy atom. The lowest BCUT2D eigenvalue weighted by Crippen LogP contribution is -2.39. The lowest BCUT2D eigenvalue weighted by molar-refractivity contribution is 0.499. The first-order valence-electron chi connectivity index (χ1n) is 8.09. The number of nitrogens with zero attached hydrogens (tertiary/aromatic N) is 3. The molecule has 2 aromatic heterocycles. The van der Waals surface area contributed by atoms with E-state index in [2.05, 4.69) is 5.92 Å². The van der Waals surface area contributed by atoms with Gasteiger partial charge in [0.1, 0.15) is 5.76 Å². The lowest BCUT2D eigenvalue weighted by atomic mass is 10.2. The largest absolute Gasteiger partial charge is 0.467 e. The van der Waals surface area contributed by atoms with Crippen molar-refractivity contribution in [2.24, 2.45) is 14.1 Å². The van der Waals surface area contributed by atoms with Gasteiger partial charge in [-0.05, 0) is 30.3 Å². The Balaban J connectivity index is 2.03. The van der Waals surface area contributed by atoms with Crippen LogP contribution in [-0.2, 0) is 27.2 Å². The van der Waals surface area contributed by atoms with Crippen LogP contribution in [0.15, 0.2) is 62.7 Å². The summed E-state index contributed by atoms with van der Waals surface area (Å²) < 4.78 is 8.02. The number of hydrogen-bond acceptors (Lipinski definition) is 4. The molecule has 0 radical (unpaired) electrons. The molecule has 3 rings (SSSR count). The molecule has 0 atom stereocenters. The second kappa shape index (κ2) is 7.19. The first-order valence-corrected chi connectivity index (χ1v) is 8.09. The van der Waals surface area contributed by atoms with Gasteiger partial charge in [0.15, 0.2) is 0 Å².